The van der Waals surface area contributed by atoms with Crippen LogP contribution in [0.4, 0.5) is 0 Å². The number of hydrogen-bond acceptors (Lipinski definition) is 6. The maximum absolute atomic E-state index is 12.0. The van der Waals surface area contributed by atoms with E-state index in [-0.39, 0.29) is 17.7 Å². The van der Waals surface area contributed by atoms with E-state index < -0.39 is 5.97 Å². The SMILES string of the molecule is CCOC(=O)c1[nH]nnc1O[C@H]1CC[C@H](c2ccc(-c3cc(C(C)C)n[nH]3)cc2)CC1. The third kappa shape index (κ3) is 4.78. The van der Waals surface area contributed by atoms with E-state index in [0.29, 0.717) is 18.4 Å². The molecule has 2 heterocycles. The Morgan fingerprint density at radius 1 is 1.13 bits per heavy atom. The van der Waals surface area contributed by atoms with Crippen LogP contribution in [0.15, 0.2) is 30.3 Å². The lowest BCUT2D eigenvalue weighted by molar-refractivity contribution is 0.0508. The highest BCUT2D eigenvalue weighted by molar-refractivity contribution is 5.89. The third-order valence-corrected chi connectivity index (χ3v) is 5.83. The summed E-state index contributed by atoms with van der Waals surface area (Å²) in [4.78, 5) is 12.0. The van der Waals surface area contributed by atoms with E-state index in [4.69, 9.17) is 9.47 Å². The van der Waals surface area contributed by atoms with E-state index >= 15 is 0 Å². The van der Waals surface area contributed by atoms with Crippen molar-refractivity contribution >= 4 is 5.97 Å². The second-order valence-electron chi connectivity index (χ2n) is 8.29. The van der Waals surface area contributed by atoms with Crippen LogP contribution in [0.5, 0.6) is 5.88 Å². The van der Waals surface area contributed by atoms with Gasteiger partial charge in [0.1, 0.15) is 6.10 Å². The van der Waals surface area contributed by atoms with Gasteiger partial charge in [-0.25, -0.2) is 9.89 Å². The number of aromatic amines is 2. The van der Waals surface area contributed by atoms with E-state index in [0.717, 1.165) is 42.6 Å². The molecule has 1 aromatic carbocycles. The number of nitrogens with one attached hydrogen (secondary N) is 2. The van der Waals surface area contributed by atoms with Gasteiger partial charge in [0.15, 0.2) is 0 Å². The number of carbonyl (C=O) groups is 1. The third-order valence-electron chi connectivity index (χ3n) is 5.83. The van der Waals surface area contributed by atoms with E-state index in [1.807, 2.05) is 0 Å². The maximum atomic E-state index is 12.0. The van der Waals surface area contributed by atoms with Crippen LogP contribution < -0.4 is 4.74 Å². The molecule has 0 unspecified atom stereocenters. The molecule has 1 aliphatic carbocycles. The van der Waals surface area contributed by atoms with Gasteiger partial charge in [-0.1, -0.05) is 48.4 Å². The predicted molar refractivity (Wildman–Crippen MR) is 116 cm³/mol. The molecule has 0 radical (unpaired) electrons. The quantitative estimate of drug-likeness (QED) is 0.538. The molecular formula is C23H29N5O3. The van der Waals surface area contributed by atoms with Crippen molar-refractivity contribution in [2.24, 2.45) is 0 Å². The van der Waals surface area contributed by atoms with Crippen LogP contribution in [0, 0.1) is 0 Å². The first kappa shape index (κ1) is 21.1. The second kappa shape index (κ2) is 9.32. The van der Waals surface area contributed by atoms with Gasteiger partial charge in [0, 0.05) is 0 Å². The zero-order valence-corrected chi connectivity index (χ0v) is 18.2. The highest BCUT2D eigenvalue weighted by atomic mass is 16.5. The Bertz CT molecular complexity index is 1000. The van der Waals surface area contributed by atoms with E-state index in [2.05, 4.69) is 69.8 Å². The Morgan fingerprint density at radius 3 is 2.52 bits per heavy atom. The van der Waals surface area contributed by atoms with Crippen molar-refractivity contribution in [2.75, 3.05) is 6.61 Å². The van der Waals surface area contributed by atoms with Crippen LogP contribution in [0.25, 0.3) is 11.3 Å². The predicted octanol–water partition coefficient (Wildman–Crippen LogP) is 4.60. The summed E-state index contributed by atoms with van der Waals surface area (Å²) in [7, 11) is 0. The van der Waals surface area contributed by atoms with Crippen LogP contribution in [-0.2, 0) is 4.74 Å². The highest BCUT2D eigenvalue weighted by Gasteiger charge is 2.27. The fourth-order valence-corrected chi connectivity index (χ4v) is 4.02. The summed E-state index contributed by atoms with van der Waals surface area (Å²) in [6, 6.07) is 10.9. The number of rotatable bonds is 7. The van der Waals surface area contributed by atoms with Crippen LogP contribution >= 0.6 is 0 Å². The van der Waals surface area contributed by atoms with Crippen LogP contribution in [0.1, 0.15) is 80.0 Å². The largest absolute Gasteiger partial charge is 0.472 e. The number of aromatic nitrogens is 5. The van der Waals surface area contributed by atoms with Gasteiger partial charge in [0.2, 0.25) is 5.69 Å². The first-order chi connectivity index (χ1) is 15.0. The number of H-pyrrole nitrogens is 2. The van der Waals surface area contributed by atoms with Gasteiger partial charge < -0.3 is 9.47 Å². The molecule has 1 saturated carbocycles. The summed E-state index contributed by atoms with van der Waals surface area (Å²) in [5.41, 5.74) is 4.81. The van der Waals surface area contributed by atoms with Gasteiger partial charge >= 0.3 is 5.97 Å². The molecule has 4 rings (SSSR count). The topological polar surface area (TPSA) is 106 Å². The molecule has 0 aliphatic heterocycles. The standard InChI is InChI=1S/C23H29N5O3/c1-4-30-23(29)21-22(27-28-26-21)31-18-11-9-16(10-12-18)15-5-7-17(8-6-15)20-13-19(14(2)3)24-25-20/h5-8,13-14,16,18H,4,9-12H2,1-3H3,(H,24,25)(H,26,27,28)/t16-,18-. The first-order valence-electron chi connectivity index (χ1n) is 11.0. The van der Waals surface area contributed by atoms with Gasteiger partial charge in [-0.05, 0) is 61.6 Å². The molecule has 2 aromatic heterocycles. The zero-order chi connectivity index (χ0) is 21.8. The number of carbonyl (C=O) groups excluding carboxylic acids is 1. The fraction of sp³-hybridized carbons (Fsp3) is 0.478. The lowest BCUT2D eigenvalue weighted by Crippen LogP contribution is -2.24. The Labute approximate surface area is 181 Å². The molecule has 31 heavy (non-hydrogen) atoms. The second-order valence-corrected chi connectivity index (χ2v) is 8.29. The van der Waals surface area contributed by atoms with E-state index in [1.54, 1.807) is 6.92 Å². The summed E-state index contributed by atoms with van der Waals surface area (Å²) in [5.74, 6) is 0.650. The van der Waals surface area contributed by atoms with Crippen molar-refractivity contribution in [3.8, 4) is 17.1 Å². The van der Waals surface area contributed by atoms with Crippen LogP contribution in [-0.4, -0.2) is 44.3 Å². The summed E-state index contributed by atoms with van der Waals surface area (Å²) in [6.07, 6.45) is 3.88. The van der Waals surface area contributed by atoms with Crippen molar-refractivity contribution in [1.82, 2.24) is 25.6 Å². The average molecular weight is 424 g/mol. The Kier molecular flexibility index (Phi) is 6.34. The first-order valence-corrected chi connectivity index (χ1v) is 11.0. The molecule has 0 atom stereocenters. The van der Waals surface area contributed by atoms with Crippen LogP contribution in [0.2, 0.25) is 0 Å². The maximum Gasteiger partial charge on any atom is 0.362 e. The average Bonchev–Trinajstić information content (AvgIpc) is 3.45. The van der Waals surface area contributed by atoms with Gasteiger partial charge in [-0.2, -0.15) is 5.10 Å². The van der Waals surface area contributed by atoms with Crippen molar-refractivity contribution in [3.05, 3.63) is 47.3 Å². The normalized spacial score (nSPS) is 18.8. The molecule has 0 bridgehead atoms. The monoisotopic (exact) mass is 423 g/mol. The lowest BCUT2D eigenvalue weighted by atomic mass is 9.82. The molecule has 0 amide bonds. The molecule has 0 spiro atoms. The van der Waals surface area contributed by atoms with Crippen molar-refractivity contribution in [2.45, 2.75) is 64.4 Å². The molecule has 1 aliphatic rings. The summed E-state index contributed by atoms with van der Waals surface area (Å²) < 4.78 is 11.0. The van der Waals surface area contributed by atoms with E-state index in [9.17, 15) is 4.79 Å². The summed E-state index contributed by atoms with van der Waals surface area (Å²) >= 11 is 0. The van der Waals surface area contributed by atoms with Gasteiger partial charge in [-0.15, -0.1) is 0 Å². The Morgan fingerprint density at radius 2 is 1.87 bits per heavy atom. The molecule has 0 saturated heterocycles. The number of hydrogen-bond donors (Lipinski definition) is 2. The van der Waals surface area contributed by atoms with Gasteiger partial charge in [-0.3, -0.25) is 5.10 Å². The molecule has 8 nitrogen and oxygen atoms in total. The number of ether oxygens (including phenoxy) is 2. The zero-order valence-electron chi connectivity index (χ0n) is 18.2. The smallest absolute Gasteiger partial charge is 0.362 e. The molecule has 8 heteroatoms. The van der Waals surface area contributed by atoms with Gasteiger partial charge in [0.25, 0.3) is 5.88 Å². The minimum Gasteiger partial charge on any atom is -0.472 e. The summed E-state index contributed by atoms with van der Waals surface area (Å²) in [6.45, 7) is 6.33. The van der Waals surface area contributed by atoms with Gasteiger partial charge in [0.05, 0.1) is 18.0 Å². The van der Waals surface area contributed by atoms with Crippen molar-refractivity contribution in [3.63, 3.8) is 0 Å². The Hall–Kier alpha value is -3.16. The fourth-order valence-electron chi connectivity index (χ4n) is 4.02. The number of esters is 1. The molecule has 164 valence electrons. The summed E-state index contributed by atoms with van der Waals surface area (Å²) in [5, 5.41) is 17.7. The minimum absolute atomic E-state index is 0.0215. The molecule has 3 aromatic rings. The molecule has 1 fully saturated rings. The van der Waals surface area contributed by atoms with Crippen LogP contribution in [0.3, 0.4) is 0 Å². The minimum atomic E-state index is -0.492. The number of benzene rings is 1. The van der Waals surface area contributed by atoms with E-state index in [1.165, 1.54) is 5.56 Å². The number of nitrogens with zero attached hydrogens (tertiary/aromatic N) is 3. The Balaban J connectivity index is 1.34. The molecule has 2 N–H and O–H groups in total. The highest BCUT2D eigenvalue weighted by Crippen LogP contribution is 2.35. The van der Waals surface area contributed by atoms with Crippen molar-refractivity contribution in [1.29, 1.82) is 0 Å². The van der Waals surface area contributed by atoms with Crippen molar-refractivity contribution < 1.29 is 14.3 Å². The molecular weight excluding hydrogens is 394 g/mol. The lowest BCUT2D eigenvalue weighted by Gasteiger charge is -2.28.